The van der Waals surface area contributed by atoms with Gasteiger partial charge in [0.25, 0.3) is 5.56 Å². The molecule has 3 N–H and O–H groups in total. The van der Waals surface area contributed by atoms with Crippen molar-refractivity contribution in [2.75, 3.05) is 36.5 Å². The predicted octanol–water partition coefficient (Wildman–Crippen LogP) is 3.69. The lowest BCUT2D eigenvalue weighted by Gasteiger charge is -2.30. The first-order valence-electron chi connectivity index (χ1n) is 13.0. The molecular weight excluding hydrogens is 482 g/mol. The Hall–Kier alpha value is -4.25. The van der Waals surface area contributed by atoms with Gasteiger partial charge in [0.15, 0.2) is 0 Å². The highest BCUT2D eigenvalue weighted by molar-refractivity contribution is 5.97. The minimum Gasteiger partial charge on any atom is -0.378 e. The smallest absolute Gasteiger partial charge is 0.261 e. The molecule has 0 amide bonds. The van der Waals surface area contributed by atoms with Crippen molar-refractivity contribution in [3.63, 3.8) is 0 Å². The van der Waals surface area contributed by atoms with Gasteiger partial charge < -0.3 is 24.9 Å². The number of rotatable bonds is 7. The number of hydrogen-bond acceptors (Lipinski definition) is 8. The van der Waals surface area contributed by atoms with Gasteiger partial charge in [-0.3, -0.25) is 9.48 Å². The fourth-order valence-electron chi connectivity index (χ4n) is 5.18. The van der Waals surface area contributed by atoms with Crippen LogP contribution in [0.15, 0.2) is 41.6 Å². The molecule has 1 aliphatic heterocycles. The maximum absolute atomic E-state index is 13.6. The van der Waals surface area contributed by atoms with Gasteiger partial charge in [0.2, 0.25) is 0 Å². The Labute approximate surface area is 219 Å². The highest BCUT2D eigenvalue weighted by atomic mass is 16.5. The molecule has 1 fully saturated rings. The lowest BCUT2D eigenvalue weighted by molar-refractivity contribution is 0.122. The fraction of sp³-hybridized carbons (Fsp3) is 0.370. The van der Waals surface area contributed by atoms with E-state index in [9.17, 15) is 4.79 Å². The molecule has 5 aromatic rings. The molecule has 0 aliphatic carbocycles. The van der Waals surface area contributed by atoms with Gasteiger partial charge in [-0.15, -0.1) is 0 Å². The van der Waals surface area contributed by atoms with E-state index in [4.69, 9.17) is 9.72 Å². The summed E-state index contributed by atoms with van der Waals surface area (Å²) in [5.41, 5.74) is 6.03. The average Bonchev–Trinajstić information content (AvgIpc) is 3.50. The number of H-pyrrole nitrogens is 2. The number of pyridine rings is 1. The first-order chi connectivity index (χ1) is 18.5. The molecule has 38 heavy (non-hydrogen) atoms. The molecule has 0 radical (unpaired) electrons. The fourth-order valence-corrected chi connectivity index (χ4v) is 5.18. The first kappa shape index (κ1) is 24.1. The zero-order chi connectivity index (χ0) is 26.2. The van der Waals surface area contributed by atoms with Crippen molar-refractivity contribution in [2.24, 2.45) is 7.05 Å². The summed E-state index contributed by atoms with van der Waals surface area (Å²) < 4.78 is 7.23. The molecule has 196 valence electrons. The third-order valence-electron chi connectivity index (χ3n) is 6.97. The van der Waals surface area contributed by atoms with Crippen LogP contribution in [-0.2, 0) is 11.8 Å². The van der Waals surface area contributed by atoms with E-state index in [-0.39, 0.29) is 11.6 Å². The number of aryl methyl sites for hydroxylation is 2. The van der Waals surface area contributed by atoms with Crippen molar-refractivity contribution in [1.82, 2.24) is 34.7 Å². The largest absolute Gasteiger partial charge is 0.378 e. The number of aromatic nitrogens is 7. The van der Waals surface area contributed by atoms with E-state index >= 15 is 0 Å². The average molecular weight is 514 g/mol. The molecule has 0 spiro atoms. The minimum absolute atomic E-state index is 0.202. The van der Waals surface area contributed by atoms with Crippen LogP contribution in [0.25, 0.3) is 33.5 Å². The summed E-state index contributed by atoms with van der Waals surface area (Å²) in [4.78, 5) is 36.1. The summed E-state index contributed by atoms with van der Waals surface area (Å²) in [6.07, 6.45) is 6.96. The summed E-state index contributed by atoms with van der Waals surface area (Å²) in [5.74, 6) is 1.15. The molecule has 0 saturated carbocycles. The number of aromatic amines is 2. The third-order valence-corrected chi connectivity index (χ3v) is 6.97. The molecule has 6 rings (SSSR count). The zero-order valence-corrected chi connectivity index (χ0v) is 21.8. The van der Waals surface area contributed by atoms with Gasteiger partial charge in [-0.25, -0.2) is 15.0 Å². The molecule has 1 saturated heterocycles. The van der Waals surface area contributed by atoms with Crippen LogP contribution < -0.4 is 15.8 Å². The van der Waals surface area contributed by atoms with Crippen LogP contribution in [0.3, 0.4) is 0 Å². The summed E-state index contributed by atoms with van der Waals surface area (Å²) in [7, 11) is 1.84. The minimum atomic E-state index is -0.249. The predicted molar refractivity (Wildman–Crippen MR) is 147 cm³/mol. The summed E-state index contributed by atoms with van der Waals surface area (Å²) >= 11 is 0. The van der Waals surface area contributed by atoms with E-state index in [0.717, 1.165) is 48.2 Å². The number of hydrogen-bond donors (Lipinski definition) is 3. The Morgan fingerprint density at radius 2 is 1.92 bits per heavy atom. The Morgan fingerprint density at radius 3 is 2.68 bits per heavy atom. The van der Waals surface area contributed by atoms with E-state index in [1.807, 2.05) is 7.05 Å². The van der Waals surface area contributed by atoms with Gasteiger partial charge in [0.05, 0.1) is 41.5 Å². The Kier molecular flexibility index (Phi) is 6.28. The number of imidazole rings is 1. The normalized spacial score (nSPS) is 14.9. The second-order valence-corrected chi connectivity index (χ2v) is 9.70. The van der Waals surface area contributed by atoms with Crippen LogP contribution in [0.2, 0.25) is 0 Å². The van der Waals surface area contributed by atoms with Crippen LogP contribution in [0.5, 0.6) is 0 Å². The third kappa shape index (κ3) is 4.38. The number of nitrogens with one attached hydrogen (secondary N) is 3. The molecule has 4 aromatic heterocycles. The molecule has 1 atom stereocenters. The molecule has 5 heterocycles. The van der Waals surface area contributed by atoms with Crippen LogP contribution in [0.4, 0.5) is 11.4 Å². The summed E-state index contributed by atoms with van der Waals surface area (Å²) in [6.45, 7) is 7.32. The van der Waals surface area contributed by atoms with Crippen molar-refractivity contribution in [3.05, 3.63) is 58.5 Å². The van der Waals surface area contributed by atoms with Gasteiger partial charge >= 0.3 is 0 Å². The molecular formula is C27H31N9O2. The number of benzene rings is 1. The van der Waals surface area contributed by atoms with E-state index in [2.05, 4.69) is 61.2 Å². The maximum Gasteiger partial charge on any atom is 0.261 e. The summed E-state index contributed by atoms with van der Waals surface area (Å²) in [5, 5.41) is 8.25. The monoisotopic (exact) mass is 513 g/mol. The van der Waals surface area contributed by atoms with Crippen molar-refractivity contribution < 1.29 is 4.74 Å². The van der Waals surface area contributed by atoms with Crippen molar-refractivity contribution in [2.45, 2.75) is 32.7 Å². The molecule has 1 aromatic carbocycles. The van der Waals surface area contributed by atoms with Gasteiger partial charge in [-0.1, -0.05) is 13.3 Å². The molecule has 0 bridgehead atoms. The quantitative estimate of drug-likeness (QED) is 0.300. The van der Waals surface area contributed by atoms with E-state index in [1.165, 1.54) is 0 Å². The van der Waals surface area contributed by atoms with Crippen LogP contribution in [-0.4, -0.2) is 61.0 Å². The zero-order valence-electron chi connectivity index (χ0n) is 21.8. The van der Waals surface area contributed by atoms with Gasteiger partial charge in [-0.05, 0) is 37.1 Å². The standard InChI is InChI=1S/C27H31N9O2/c1-4-6-17(25-28-7-5-8-29-25)30-24-22(27(37)33-20-15-35(3)34-23(20)24)26-31-18-13-16(2)21(14-19(18)32-26)36-9-11-38-12-10-36/h5,7-8,13-15,17,30H,4,6,9-12H2,1-3H3,(H,31,32)(H,33,37)/t17-/m1/s1. The number of ether oxygens (including phenoxy) is 1. The van der Waals surface area contributed by atoms with Gasteiger partial charge in [0.1, 0.15) is 22.7 Å². The molecule has 0 unspecified atom stereocenters. The highest BCUT2D eigenvalue weighted by Gasteiger charge is 2.24. The van der Waals surface area contributed by atoms with E-state index < -0.39 is 0 Å². The second-order valence-electron chi connectivity index (χ2n) is 9.70. The van der Waals surface area contributed by atoms with E-state index in [0.29, 0.717) is 47.1 Å². The molecule has 1 aliphatic rings. The molecule has 11 nitrogen and oxygen atoms in total. The second kappa shape index (κ2) is 9.90. The molecule has 11 heteroatoms. The lowest BCUT2D eigenvalue weighted by Crippen LogP contribution is -2.36. The Morgan fingerprint density at radius 1 is 1.13 bits per heavy atom. The number of morpholine rings is 1. The van der Waals surface area contributed by atoms with Crippen LogP contribution >= 0.6 is 0 Å². The maximum atomic E-state index is 13.6. The topological polar surface area (TPSA) is 130 Å². The summed E-state index contributed by atoms with van der Waals surface area (Å²) in [6, 6.07) is 5.78. The van der Waals surface area contributed by atoms with Crippen LogP contribution in [0.1, 0.15) is 37.2 Å². The van der Waals surface area contributed by atoms with Gasteiger partial charge in [0, 0.05) is 44.4 Å². The Bertz CT molecular complexity index is 1650. The number of fused-ring (bicyclic) bond motifs is 2. The van der Waals surface area contributed by atoms with Crippen LogP contribution in [0, 0.1) is 6.92 Å². The van der Waals surface area contributed by atoms with Crippen molar-refractivity contribution in [1.29, 1.82) is 0 Å². The number of nitrogens with zero attached hydrogens (tertiary/aromatic N) is 6. The van der Waals surface area contributed by atoms with E-state index in [1.54, 1.807) is 29.3 Å². The van der Waals surface area contributed by atoms with Crippen molar-refractivity contribution >= 4 is 33.4 Å². The number of anilines is 2. The van der Waals surface area contributed by atoms with Crippen molar-refractivity contribution in [3.8, 4) is 11.4 Å². The van der Waals surface area contributed by atoms with Gasteiger partial charge in [-0.2, -0.15) is 5.10 Å². The lowest BCUT2D eigenvalue weighted by atomic mass is 10.1. The first-order valence-corrected chi connectivity index (χ1v) is 13.0. The highest BCUT2D eigenvalue weighted by Crippen LogP contribution is 2.34. The SMILES string of the molecule is CCC[C@@H](Nc1c(-c2nc3cc(C)c(N4CCOCC4)cc3[nH]2)c(=O)[nH]c2cn(C)nc12)c1ncccn1. The Balaban J connectivity index is 1.50.